The maximum absolute atomic E-state index is 12.9. The number of aliphatic hydroxyl groups is 1. The minimum absolute atomic E-state index is 0.0220. The third-order valence-electron chi connectivity index (χ3n) is 2.70. The van der Waals surface area contributed by atoms with E-state index in [4.69, 9.17) is 0 Å². The van der Waals surface area contributed by atoms with Crippen molar-refractivity contribution < 1.29 is 32.7 Å². The first-order valence-corrected chi connectivity index (χ1v) is 5.80. The van der Waals surface area contributed by atoms with E-state index in [0.29, 0.717) is 0 Å². The number of esters is 1. The fourth-order valence-corrected chi connectivity index (χ4v) is 1.63. The molecule has 1 N–H and O–H groups in total. The summed E-state index contributed by atoms with van der Waals surface area (Å²) in [6.07, 6.45) is -5.23. The van der Waals surface area contributed by atoms with E-state index >= 15 is 0 Å². The van der Waals surface area contributed by atoms with E-state index in [-0.39, 0.29) is 12.2 Å². The van der Waals surface area contributed by atoms with Gasteiger partial charge in [0.1, 0.15) is 0 Å². The number of halogens is 3. The molecular formula is C12H12F3NO5. The average Bonchev–Trinajstić information content (AvgIpc) is 2.37. The van der Waals surface area contributed by atoms with Gasteiger partial charge in [0.25, 0.3) is 5.60 Å². The number of carbonyl (C=O) groups is 1. The molecule has 0 amide bonds. The standard InChI is InChI=1S/C12H12F3NO5/c1-2-21-10(17)8-3-5-9(6-4-8)11(18,7-16(19)20)12(13,14)15/h3-6,18H,2,7H2,1H3/t11-/m1/s1. The molecule has 116 valence electrons. The molecule has 9 heteroatoms. The number of nitro groups is 1. The van der Waals surface area contributed by atoms with Crippen molar-refractivity contribution in [2.75, 3.05) is 13.2 Å². The highest BCUT2D eigenvalue weighted by Gasteiger charge is 2.58. The predicted octanol–water partition coefficient (Wildman–Crippen LogP) is 1.89. The van der Waals surface area contributed by atoms with Crippen molar-refractivity contribution in [3.05, 3.63) is 45.5 Å². The Labute approximate surface area is 117 Å². The molecular weight excluding hydrogens is 295 g/mol. The first kappa shape index (κ1) is 16.9. The van der Waals surface area contributed by atoms with Crippen molar-refractivity contribution in [1.29, 1.82) is 0 Å². The van der Waals surface area contributed by atoms with Crippen molar-refractivity contribution in [2.45, 2.75) is 18.7 Å². The van der Waals surface area contributed by atoms with Crippen molar-refractivity contribution in [1.82, 2.24) is 0 Å². The third kappa shape index (κ3) is 3.69. The quantitative estimate of drug-likeness (QED) is 0.509. The van der Waals surface area contributed by atoms with Gasteiger partial charge in [0, 0.05) is 4.92 Å². The van der Waals surface area contributed by atoms with Crippen LogP contribution in [0.2, 0.25) is 0 Å². The molecule has 1 atom stereocenters. The molecule has 0 radical (unpaired) electrons. The van der Waals surface area contributed by atoms with Gasteiger partial charge in [-0.1, -0.05) is 12.1 Å². The number of benzene rings is 1. The van der Waals surface area contributed by atoms with Crippen LogP contribution in [0.25, 0.3) is 0 Å². The van der Waals surface area contributed by atoms with Gasteiger partial charge >= 0.3 is 12.1 Å². The Morgan fingerprint density at radius 2 is 1.86 bits per heavy atom. The molecule has 0 aliphatic carbocycles. The van der Waals surface area contributed by atoms with Crippen LogP contribution < -0.4 is 0 Å². The maximum Gasteiger partial charge on any atom is 0.428 e. The molecule has 1 aromatic rings. The van der Waals surface area contributed by atoms with E-state index in [1.54, 1.807) is 6.92 Å². The van der Waals surface area contributed by atoms with Crippen LogP contribution in [0.1, 0.15) is 22.8 Å². The van der Waals surface area contributed by atoms with E-state index < -0.39 is 34.8 Å². The molecule has 21 heavy (non-hydrogen) atoms. The Morgan fingerprint density at radius 3 is 2.24 bits per heavy atom. The molecule has 0 fully saturated rings. The summed E-state index contributed by atoms with van der Waals surface area (Å²) in [5, 5.41) is 20.0. The number of hydrogen-bond acceptors (Lipinski definition) is 5. The number of hydrogen-bond donors (Lipinski definition) is 1. The van der Waals surface area contributed by atoms with Crippen molar-refractivity contribution in [2.24, 2.45) is 0 Å². The van der Waals surface area contributed by atoms with Gasteiger partial charge in [0.2, 0.25) is 6.54 Å². The molecule has 0 aliphatic rings. The molecule has 1 rings (SSSR count). The van der Waals surface area contributed by atoms with E-state index in [1.165, 1.54) is 0 Å². The molecule has 0 aromatic heterocycles. The Bertz CT molecular complexity index is 529. The summed E-state index contributed by atoms with van der Waals surface area (Å²) >= 11 is 0. The SMILES string of the molecule is CCOC(=O)c1ccc([C@](O)(C[N+](=O)[O-])C(F)(F)F)cc1. The summed E-state index contributed by atoms with van der Waals surface area (Å²) in [6, 6.07) is 3.63. The molecule has 0 heterocycles. The molecule has 0 spiro atoms. The maximum atomic E-state index is 12.9. The van der Waals surface area contributed by atoms with Crippen molar-refractivity contribution >= 4 is 5.97 Å². The average molecular weight is 307 g/mol. The van der Waals surface area contributed by atoms with Gasteiger partial charge in [-0.3, -0.25) is 10.1 Å². The molecule has 0 saturated carbocycles. The Hall–Kier alpha value is -2.16. The van der Waals surface area contributed by atoms with Gasteiger partial charge in [-0.2, -0.15) is 13.2 Å². The fraction of sp³-hybridized carbons (Fsp3) is 0.417. The Kier molecular flexibility index (Phi) is 4.89. The summed E-state index contributed by atoms with van der Waals surface area (Å²) in [5.74, 6) is -0.742. The lowest BCUT2D eigenvalue weighted by Crippen LogP contribution is -2.47. The van der Waals surface area contributed by atoms with Gasteiger partial charge in [-0.25, -0.2) is 4.79 Å². The summed E-state index contributed by atoms with van der Waals surface area (Å²) < 4.78 is 43.3. The number of nitrogens with zero attached hydrogens (tertiary/aromatic N) is 1. The van der Waals surface area contributed by atoms with Crippen LogP contribution in [-0.2, 0) is 10.3 Å². The van der Waals surface area contributed by atoms with Crippen molar-refractivity contribution in [3.8, 4) is 0 Å². The predicted molar refractivity (Wildman–Crippen MR) is 64.2 cm³/mol. The van der Waals surface area contributed by atoms with Gasteiger partial charge in [0.05, 0.1) is 12.2 Å². The lowest BCUT2D eigenvalue weighted by Gasteiger charge is -2.27. The van der Waals surface area contributed by atoms with Crippen LogP contribution in [0.5, 0.6) is 0 Å². The topological polar surface area (TPSA) is 89.7 Å². The van der Waals surface area contributed by atoms with E-state index in [1.807, 2.05) is 0 Å². The Balaban J connectivity index is 3.16. The second-order valence-electron chi connectivity index (χ2n) is 4.15. The highest BCUT2D eigenvalue weighted by atomic mass is 19.4. The summed E-state index contributed by atoms with van der Waals surface area (Å²) in [4.78, 5) is 20.5. The zero-order valence-corrected chi connectivity index (χ0v) is 10.9. The summed E-state index contributed by atoms with van der Waals surface area (Å²) in [7, 11) is 0. The molecule has 0 unspecified atom stereocenters. The molecule has 6 nitrogen and oxygen atoms in total. The second-order valence-corrected chi connectivity index (χ2v) is 4.15. The summed E-state index contributed by atoms with van der Waals surface area (Å²) in [6.45, 7) is -0.0740. The zero-order chi connectivity index (χ0) is 16.3. The lowest BCUT2D eigenvalue weighted by molar-refractivity contribution is -0.519. The monoisotopic (exact) mass is 307 g/mol. The fourth-order valence-electron chi connectivity index (χ4n) is 1.63. The van der Waals surface area contributed by atoms with Gasteiger partial charge in [-0.05, 0) is 24.6 Å². The summed E-state index contributed by atoms with van der Waals surface area (Å²) in [5.41, 5.74) is -4.37. The van der Waals surface area contributed by atoms with Crippen LogP contribution >= 0.6 is 0 Å². The Morgan fingerprint density at radius 1 is 1.33 bits per heavy atom. The number of rotatable bonds is 5. The highest BCUT2D eigenvalue weighted by molar-refractivity contribution is 5.89. The first-order valence-electron chi connectivity index (χ1n) is 5.80. The van der Waals surface area contributed by atoms with Gasteiger partial charge in [0.15, 0.2) is 0 Å². The van der Waals surface area contributed by atoms with E-state index in [9.17, 15) is 33.2 Å². The number of ether oxygens (including phenoxy) is 1. The minimum atomic E-state index is -5.23. The molecule has 0 aliphatic heterocycles. The minimum Gasteiger partial charge on any atom is -0.462 e. The van der Waals surface area contributed by atoms with Crippen LogP contribution in [-0.4, -0.2) is 35.3 Å². The normalized spacial score (nSPS) is 14.3. The van der Waals surface area contributed by atoms with Crippen LogP contribution in [0.4, 0.5) is 13.2 Å². The van der Waals surface area contributed by atoms with E-state index in [2.05, 4.69) is 4.74 Å². The van der Waals surface area contributed by atoms with Crippen LogP contribution in [0.15, 0.2) is 24.3 Å². The molecule has 0 bridgehead atoms. The van der Waals surface area contributed by atoms with Gasteiger partial charge in [-0.15, -0.1) is 0 Å². The van der Waals surface area contributed by atoms with Gasteiger partial charge < -0.3 is 9.84 Å². The zero-order valence-electron chi connectivity index (χ0n) is 10.9. The lowest BCUT2D eigenvalue weighted by atomic mass is 9.92. The molecule has 0 saturated heterocycles. The first-order chi connectivity index (χ1) is 9.61. The highest BCUT2D eigenvalue weighted by Crippen LogP contribution is 2.39. The second kappa shape index (κ2) is 6.08. The smallest absolute Gasteiger partial charge is 0.428 e. The number of alkyl halides is 3. The van der Waals surface area contributed by atoms with Crippen LogP contribution in [0, 0.1) is 10.1 Å². The van der Waals surface area contributed by atoms with E-state index in [0.717, 1.165) is 24.3 Å². The number of carbonyl (C=O) groups excluding carboxylic acids is 1. The van der Waals surface area contributed by atoms with Crippen LogP contribution in [0.3, 0.4) is 0 Å². The molecule has 1 aromatic carbocycles. The largest absolute Gasteiger partial charge is 0.462 e. The third-order valence-corrected chi connectivity index (χ3v) is 2.70. The van der Waals surface area contributed by atoms with Crippen molar-refractivity contribution in [3.63, 3.8) is 0 Å².